The third-order valence-electron chi connectivity index (χ3n) is 5.60. The highest BCUT2D eigenvalue weighted by Gasteiger charge is 2.19. The maximum atomic E-state index is 4.64. The molecule has 0 unspecified atom stereocenters. The largest absolute Gasteiger partial charge is 0.256 e. The molecule has 0 bridgehead atoms. The Morgan fingerprint density at radius 2 is 1.65 bits per heavy atom. The van der Waals surface area contributed by atoms with Gasteiger partial charge in [-0.3, -0.25) is 4.99 Å². The summed E-state index contributed by atoms with van der Waals surface area (Å²) in [5.41, 5.74) is 5.06. The standard InChI is InChI=1S/C25H31N/c1-3-4-5-6-21-9-11-22(12-10-21)19-26-25-17-15-24(16-18-25)23-13-7-20(2)8-14-23/h3,9-12,15-20,23H,1,4-8,13-14H2,2H3. The second-order valence-electron chi connectivity index (χ2n) is 7.73. The van der Waals surface area contributed by atoms with Crippen LogP contribution >= 0.6 is 0 Å². The predicted molar refractivity (Wildman–Crippen MR) is 114 cm³/mol. The van der Waals surface area contributed by atoms with E-state index in [1.165, 1.54) is 43.2 Å². The lowest BCUT2D eigenvalue weighted by Crippen LogP contribution is -2.10. The molecule has 0 heterocycles. The first-order valence-corrected chi connectivity index (χ1v) is 10.1. The molecule has 0 saturated heterocycles. The van der Waals surface area contributed by atoms with Crippen LogP contribution in [-0.4, -0.2) is 6.21 Å². The molecular weight excluding hydrogens is 314 g/mol. The molecule has 1 aliphatic rings. The van der Waals surface area contributed by atoms with Crippen LogP contribution in [0.25, 0.3) is 0 Å². The summed E-state index contributed by atoms with van der Waals surface area (Å²) < 4.78 is 0. The van der Waals surface area contributed by atoms with Crippen LogP contribution < -0.4 is 0 Å². The lowest BCUT2D eigenvalue weighted by Gasteiger charge is -2.26. The molecule has 0 amide bonds. The lowest BCUT2D eigenvalue weighted by molar-refractivity contribution is 0.348. The second-order valence-corrected chi connectivity index (χ2v) is 7.73. The van der Waals surface area contributed by atoms with Crippen molar-refractivity contribution in [1.82, 2.24) is 0 Å². The zero-order valence-electron chi connectivity index (χ0n) is 16.0. The molecule has 3 rings (SSSR count). The Labute approximate surface area is 158 Å². The van der Waals surface area contributed by atoms with Crippen LogP contribution in [-0.2, 0) is 6.42 Å². The normalized spacial score (nSPS) is 20.3. The average Bonchev–Trinajstić information content (AvgIpc) is 2.69. The van der Waals surface area contributed by atoms with Crippen LogP contribution in [0.5, 0.6) is 0 Å². The van der Waals surface area contributed by atoms with Gasteiger partial charge in [0.15, 0.2) is 0 Å². The molecule has 136 valence electrons. The van der Waals surface area contributed by atoms with Gasteiger partial charge in [-0.2, -0.15) is 0 Å². The minimum atomic E-state index is 0.748. The number of aliphatic imine (C=N–C) groups is 1. The molecule has 0 aliphatic heterocycles. The van der Waals surface area contributed by atoms with Crippen molar-refractivity contribution in [1.29, 1.82) is 0 Å². The molecular formula is C25H31N. The summed E-state index contributed by atoms with van der Waals surface area (Å²) in [7, 11) is 0. The van der Waals surface area contributed by atoms with Crippen molar-refractivity contribution in [2.75, 3.05) is 0 Å². The Bertz CT molecular complexity index is 701. The van der Waals surface area contributed by atoms with Gasteiger partial charge in [-0.05, 0) is 72.8 Å². The van der Waals surface area contributed by atoms with Crippen molar-refractivity contribution in [3.8, 4) is 0 Å². The Balaban J connectivity index is 1.55. The molecule has 26 heavy (non-hydrogen) atoms. The first-order chi connectivity index (χ1) is 12.7. The van der Waals surface area contributed by atoms with E-state index in [-0.39, 0.29) is 0 Å². The van der Waals surface area contributed by atoms with Crippen molar-refractivity contribution in [3.63, 3.8) is 0 Å². The summed E-state index contributed by atoms with van der Waals surface area (Å²) in [6, 6.07) is 17.6. The molecule has 1 aliphatic carbocycles. The first kappa shape index (κ1) is 18.6. The zero-order valence-corrected chi connectivity index (χ0v) is 16.0. The first-order valence-electron chi connectivity index (χ1n) is 10.1. The van der Waals surface area contributed by atoms with E-state index >= 15 is 0 Å². The highest BCUT2D eigenvalue weighted by molar-refractivity contribution is 5.81. The highest BCUT2D eigenvalue weighted by atomic mass is 14.7. The van der Waals surface area contributed by atoms with Crippen molar-refractivity contribution < 1.29 is 0 Å². The molecule has 0 radical (unpaired) electrons. The van der Waals surface area contributed by atoms with Crippen LogP contribution in [0.1, 0.15) is 68.1 Å². The summed E-state index contributed by atoms with van der Waals surface area (Å²) in [5, 5.41) is 0. The highest BCUT2D eigenvalue weighted by Crippen LogP contribution is 2.35. The van der Waals surface area contributed by atoms with E-state index in [1.54, 1.807) is 0 Å². The SMILES string of the molecule is C=CCCCc1ccc(C=Nc2ccc(C3CCC(C)CC3)cc2)cc1. The number of unbranched alkanes of at least 4 members (excludes halogenated alkanes) is 1. The monoisotopic (exact) mass is 345 g/mol. The Morgan fingerprint density at radius 1 is 0.962 bits per heavy atom. The third kappa shape index (κ3) is 5.42. The maximum Gasteiger partial charge on any atom is 0.0630 e. The number of hydrogen-bond acceptors (Lipinski definition) is 1. The van der Waals surface area contributed by atoms with Gasteiger partial charge in [-0.25, -0.2) is 0 Å². The van der Waals surface area contributed by atoms with Crippen molar-refractivity contribution >= 4 is 11.9 Å². The molecule has 1 heteroatoms. The maximum absolute atomic E-state index is 4.64. The number of aryl methyl sites for hydroxylation is 1. The molecule has 1 fully saturated rings. The van der Waals surface area contributed by atoms with E-state index in [1.807, 2.05) is 12.3 Å². The van der Waals surface area contributed by atoms with Gasteiger partial charge < -0.3 is 0 Å². The smallest absolute Gasteiger partial charge is 0.0630 e. The predicted octanol–water partition coefficient (Wildman–Crippen LogP) is 7.24. The summed E-state index contributed by atoms with van der Waals surface area (Å²) in [4.78, 5) is 4.64. The average molecular weight is 346 g/mol. The van der Waals surface area contributed by atoms with Gasteiger partial charge in [-0.15, -0.1) is 6.58 Å². The van der Waals surface area contributed by atoms with Crippen molar-refractivity contribution in [2.45, 2.75) is 57.8 Å². The third-order valence-corrected chi connectivity index (χ3v) is 5.60. The van der Waals surface area contributed by atoms with Gasteiger partial charge in [0.05, 0.1) is 5.69 Å². The molecule has 0 aromatic heterocycles. The molecule has 1 nitrogen and oxygen atoms in total. The minimum Gasteiger partial charge on any atom is -0.256 e. The molecule has 0 atom stereocenters. The lowest BCUT2D eigenvalue weighted by atomic mass is 9.79. The van der Waals surface area contributed by atoms with Gasteiger partial charge in [0.25, 0.3) is 0 Å². The molecule has 0 spiro atoms. The summed E-state index contributed by atoms with van der Waals surface area (Å²) in [6.07, 6.45) is 12.7. The van der Waals surface area contributed by atoms with Crippen LogP contribution in [0.4, 0.5) is 5.69 Å². The van der Waals surface area contributed by atoms with E-state index < -0.39 is 0 Å². The molecule has 2 aromatic rings. The molecule has 1 saturated carbocycles. The Morgan fingerprint density at radius 3 is 2.31 bits per heavy atom. The fourth-order valence-electron chi connectivity index (χ4n) is 3.80. The number of allylic oxidation sites excluding steroid dienone is 1. The summed E-state index contributed by atoms with van der Waals surface area (Å²) in [6.45, 7) is 6.15. The van der Waals surface area contributed by atoms with E-state index in [0.29, 0.717) is 0 Å². The van der Waals surface area contributed by atoms with Gasteiger partial charge in [-0.1, -0.05) is 62.2 Å². The topological polar surface area (TPSA) is 12.4 Å². The minimum absolute atomic E-state index is 0.748. The van der Waals surface area contributed by atoms with E-state index in [0.717, 1.165) is 35.9 Å². The van der Waals surface area contributed by atoms with Crippen molar-refractivity contribution in [2.24, 2.45) is 10.9 Å². The van der Waals surface area contributed by atoms with E-state index in [9.17, 15) is 0 Å². The summed E-state index contributed by atoms with van der Waals surface area (Å²) >= 11 is 0. The second kappa shape index (κ2) is 9.52. The zero-order chi connectivity index (χ0) is 18.2. The number of rotatable bonds is 7. The fraction of sp³-hybridized carbons (Fsp3) is 0.400. The van der Waals surface area contributed by atoms with Gasteiger partial charge in [0, 0.05) is 6.21 Å². The Kier molecular flexibility index (Phi) is 6.82. The van der Waals surface area contributed by atoms with Gasteiger partial charge in [0.1, 0.15) is 0 Å². The molecule has 2 aromatic carbocycles. The quantitative estimate of drug-likeness (QED) is 0.285. The number of nitrogens with zero attached hydrogens (tertiary/aromatic N) is 1. The van der Waals surface area contributed by atoms with E-state index in [4.69, 9.17) is 0 Å². The van der Waals surface area contributed by atoms with Crippen molar-refractivity contribution in [3.05, 3.63) is 77.9 Å². The van der Waals surface area contributed by atoms with E-state index in [2.05, 4.69) is 67.0 Å². The number of benzene rings is 2. The summed E-state index contributed by atoms with van der Waals surface area (Å²) in [5.74, 6) is 1.65. The van der Waals surface area contributed by atoms with Crippen LogP contribution in [0.3, 0.4) is 0 Å². The van der Waals surface area contributed by atoms with Crippen LogP contribution in [0.15, 0.2) is 66.2 Å². The fourth-order valence-corrected chi connectivity index (χ4v) is 3.80. The van der Waals surface area contributed by atoms with Crippen LogP contribution in [0, 0.1) is 5.92 Å². The van der Waals surface area contributed by atoms with Gasteiger partial charge >= 0.3 is 0 Å². The number of hydrogen-bond donors (Lipinski definition) is 0. The van der Waals surface area contributed by atoms with Gasteiger partial charge in [0.2, 0.25) is 0 Å². The molecule has 0 N–H and O–H groups in total. The van der Waals surface area contributed by atoms with Crippen LogP contribution in [0.2, 0.25) is 0 Å². The Hall–Kier alpha value is -2.15.